The monoisotopic (exact) mass is 509 g/mol. The molecular formula is C30H31N5O3. The van der Waals surface area contributed by atoms with Crippen molar-refractivity contribution in [3.8, 4) is 6.07 Å². The molecule has 0 radical (unpaired) electrons. The molecule has 2 aromatic heterocycles. The number of aromatic nitrogens is 3. The van der Waals surface area contributed by atoms with Gasteiger partial charge in [0, 0.05) is 36.4 Å². The minimum Gasteiger partial charge on any atom is -0.361 e. The number of Topliss-reactive ketones (excluding diaryl/α,β-unsaturated/α-hetero) is 1. The van der Waals surface area contributed by atoms with E-state index >= 15 is 0 Å². The predicted molar refractivity (Wildman–Crippen MR) is 144 cm³/mol. The summed E-state index contributed by atoms with van der Waals surface area (Å²) in [5.74, 6) is 1.19. The van der Waals surface area contributed by atoms with Crippen LogP contribution in [0.25, 0.3) is 11.0 Å². The molecule has 0 aliphatic heterocycles. The number of carbonyl (C=O) groups is 2. The van der Waals surface area contributed by atoms with Crippen molar-refractivity contribution in [2.24, 2.45) is 5.92 Å². The first-order valence-corrected chi connectivity index (χ1v) is 13.3. The van der Waals surface area contributed by atoms with Gasteiger partial charge in [-0.2, -0.15) is 5.26 Å². The number of nitriles is 1. The summed E-state index contributed by atoms with van der Waals surface area (Å²) in [6, 6.07) is 16.4. The molecule has 1 amide bonds. The number of anilines is 1. The van der Waals surface area contributed by atoms with Crippen LogP contribution in [0.5, 0.6) is 0 Å². The Bertz CT molecular complexity index is 1460. The Balaban J connectivity index is 1.41. The highest BCUT2D eigenvalue weighted by molar-refractivity contribution is 6.04. The second-order valence-corrected chi connectivity index (χ2v) is 10.0. The zero-order valence-corrected chi connectivity index (χ0v) is 21.5. The Kier molecular flexibility index (Phi) is 7.64. The van der Waals surface area contributed by atoms with Crippen molar-refractivity contribution in [1.82, 2.24) is 14.7 Å². The fourth-order valence-corrected chi connectivity index (χ4v) is 5.30. The van der Waals surface area contributed by atoms with Crippen LogP contribution in [0, 0.1) is 17.2 Å². The van der Waals surface area contributed by atoms with Gasteiger partial charge >= 0.3 is 0 Å². The fourth-order valence-electron chi connectivity index (χ4n) is 5.30. The SMILES string of the molecule is CC(C(=O)C1CCCCC1)c1ccc2c(c1)nc(NC(=O)c1ccc(C#N)cc1)n2CCCc1ccno1. The van der Waals surface area contributed by atoms with Gasteiger partial charge in [0.25, 0.3) is 5.91 Å². The second kappa shape index (κ2) is 11.4. The zero-order chi connectivity index (χ0) is 26.5. The Morgan fingerprint density at radius 2 is 1.92 bits per heavy atom. The molecule has 0 bridgehead atoms. The number of benzene rings is 2. The van der Waals surface area contributed by atoms with Gasteiger partial charge in [-0.15, -0.1) is 0 Å². The van der Waals surface area contributed by atoms with Crippen molar-refractivity contribution < 1.29 is 14.1 Å². The maximum Gasteiger partial charge on any atom is 0.257 e. The van der Waals surface area contributed by atoms with Gasteiger partial charge in [0.1, 0.15) is 11.5 Å². The Morgan fingerprint density at radius 3 is 2.63 bits per heavy atom. The van der Waals surface area contributed by atoms with Crippen LogP contribution in [0.3, 0.4) is 0 Å². The molecule has 1 fully saturated rings. The van der Waals surface area contributed by atoms with E-state index in [9.17, 15) is 9.59 Å². The topological polar surface area (TPSA) is 114 Å². The molecule has 0 saturated heterocycles. The molecule has 194 valence electrons. The van der Waals surface area contributed by atoms with Crippen LogP contribution >= 0.6 is 0 Å². The van der Waals surface area contributed by atoms with Crippen molar-refractivity contribution in [1.29, 1.82) is 5.26 Å². The number of aryl methyl sites for hydroxylation is 2. The highest BCUT2D eigenvalue weighted by atomic mass is 16.5. The van der Waals surface area contributed by atoms with E-state index in [1.165, 1.54) is 6.42 Å². The van der Waals surface area contributed by atoms with Gasteiger partial charge in [0.05, 0.1) is 28.9 Å². The number of amides is 1. The van der Waals surface area contributed by atoms with Crippen LogP contribution < -0.4 is 5.32 Å². The first-order chi connectivity index (χ1) is 18.5. The summed E-state index contributed by atoms with van der Waals surface area (Å²) in [5.41, 5.74) is 3.51. The van der Waals surface area contributed by atoms with Gasteiger partial charge in [-0.3, -0.25) is 14.9 Å². The molecule has 0 spiro atoms. The van der Waals surface area contributed by atoms with Crippen LogP contribution in [0.15, 0.2) is 59.3 Å². The molecule has 1 N–H and O–H groups in total. The summed E-state index contributed by atoms with van der Waals surface area (Å²) in [6.07, 6.45) is 8.53. The largest absolute Gasteiger partial charge is 0.361 e. The van der Waals surface area contributed by atoms with E-state index in [1.807, 2.05) is 35.8 Å². The number of nitrogens with one attached hydrogen (secondary N) is 1. The van der Waals surface area contributed by atoms with Crippen molar-refractivity contribution in [3.05, 3.63) is 77.2 Å². The Labute approximate surface area is 221 Å². The molecule has 1 atom stereocenters. The molecule has 5 rings (SSSR count). The molecule has 38 heavy (non-hydrogen) atoms. The van der Waals surface area contributed by atoms with Crippen molar-refractivity contribution in [2.45, 2.75) is 64.3 Å². The number of fused-ring (bicyclic) bond motifs is 1. The number of imidazole rings is 1. The fraction of sp³-hybridized carbons (Fsp3) is 0.367. The number of hydrogen-bond donors (Lipinski definition) is 1. The van der Waals surface area contributed by atoms with E-state index in [-0.39, 0.29) is 17.7 Å². The number of carbonyl (C=O) groups excluding carboxylic acids is 2. The van der Waals surface area contributed by atoms with Gasteiger partial charge in [-0.25, -0.2) is 4.98 Å². The van der Waals surface area contributed by atoms with Gasteiger partial charge in [-0.1, -0.05) is 37.4 Å². The lowest BCUT2D eigenvalue weighted by atomic mass is 9.80. The van der Waals surface area contributed by atoms with Crippen molar-refractivity contribution in [3.63, 3.8) is 0 Å². The standard InChI is InChI=1S/C30H31N5O3/c1-20(28(36)22-6-3-2-4-7-22)24-13-14-27-26(18-24)33-30(35(27)17-5-8-25-15-16-32-38-25)34-29(37)23-11-9-21(19-31)10-12-23/h9-16,18,20,22H,2-8,17H2,1H3,(H,33,34,37). The molecule has 8 heteroatoms. The maximum absolute atomic E-state index is 13.2. The zero-order valence-electron chi connectivity index (χ0n) is 21.5. The summed E-state index contributed by atoms with van der Waals surface area (Å²) in [6.45, 7) is 2.59. The number of nitrogens with zero attached hydrogens (tertiary/aromatic N) is 4. The molecule has 2 heterocycles. The number of hydrogen-bond acceptors (Lipinski definition) is 6. The molecular weight excluding hydrogens is 478 g/mol. The molecule has 1 saturated carbocycles. The number of rotatable bonds is 9. The third kappa shape index (κ3) is 5.52. The minimum atomic E-state index is -0.303. The lowest BCUT2D eigenvalue weighted by Gasteiger charge is -2.23. The van der Waals surface area contributed by atoms with Crippen LogP contribution in [-0.2, 0) is 17.8 Å². The average molecular weight is 510 g/mol. The molecule has 4 aromatic rings. The first-order valence-electron chi connectivity index (χ1n) is 13.3. The second-order valence-electron chi connectivity index (χ2n) is 10.0. The van der Waals surface area contributed by atoms with Gasteiger partial charge < -0.3 is 9.09 Å². The van der Waals surface area contributed by atoms with E-state index in [4.69, 9.17) is 14.8 Å². The highest BCUT2D eigenvalue weighted by Crippen LogP contribution is 2.32. The Morgan fingerprint density at radius 1 is 1.13 bits per heavy atom. The third-order valence-corrected chi connectivity index (χ3v) is 7.50. The molecule has 2 aromatic carbocycles. The maximum atomic E-state index is 13.2. The van der Waals surface area contributed by atoms with Crippen LogP contribution in [0.4, 0.5) is 5.95 Å². The molecule has 1 aliphatic carbocycles. The van der Waals surface area contributed by atoms with Crippen molar-refractivity contribution in [2.75, 3.05) is 5.32 Å². The van der Waals surface area contributed by atoms with Gasteiger partial charge in [0.15, 0.2) is 0 Å². The molecule has 1 unspecified atom stereocenters. The summed E-state index contributed by atoms with van der Waals surface area (Å²) in [5, 5.41) is 15.8. The van der Waals surface area contributed by atoms with Crippen LogP contribution in [0.2, 0.25) is 0 Å². The minimum absolute atomic E-state index is 0.144. The third-order valence-electron chi connectivity index (χ3n) is 7.50. The quantitative estimate of drug-likeness (QED) is 0.294. The summed E-state index contributed by atoms with van der Waals surface area (Å²) in [4.78, 5) is 31.0. The highest BCUT2D eigenvalue weighted by Gasteiger charge is 2.27. The van der Waals surface area contributed by atoms with Crippen LogP contribution in [-0.4, -0.2) is 26.4 Å². The smallest absolute Gasteiger partial charge is 0.257 e. The number of ketones is 1. The molecule has 8 nitrogen and oxygen atoms in total. The predicted octanol–water partition coefficient (Wildman–Crippen LogP) is 6.03. The summed E-state index contributed by atoms with van der Waals surface area (Å²) >= 11 is 0. The van der Waals surface area contributed by atoms with Crippen LogP contribution in [0.1, 0.15) is 78.6 Å². The first kappa shape index (κ1) is 25.4. The lowest BCUT2D eigenvalue weighted by Crippen LogP contribution is -2.22. The normalized spacial score (nSPS) is 14.7. The van der Waals surface area contributed by atoms with E-state index in [0.29, 0.717) is 35.8 Å². The van der Waals surface area contributed by atoms with Gasteiger partial charge in [-0.05, 0) is 61.2 Å². The van der Waals surface area contributed by atoms with E-state index < -0.39 is 0 Å². The van der Waals surface area contributed by atoms with E-state index in [2.05, 4.69) is 16.5 Å². The average Bonchev–Trinajstić information content (AvgIpc) is 3.60. The molecule has 1 aliphatic rings. The van der Waals surface area contributed by atoms with E-state index in [1.54, 1.807) is 30.5 Å². The van der Waals surface area contributed by atoms with Crippen molar-refractivity contribution >= 4 is 28.7 Å². The van der Waals surface area contributed by atoms with Gasteiger partial charge in [0.2, 0.25) is 5.95 Å². The van der Waals surface area contributed by atoms with E-state index in [0.717, 1.165) is 54.5 Å². The summed E-state index contributed by atoms with van der Waals surface area (Å²) < 4.78 is 7.22. The summed E-state index contributed by atoms with van der Waals surface area (Å²) in [7, 11) is 0. The lowest BCUT2D eigenvalue weighted by molar-refractivity contribution is -0.124. The Hall–Kier alpha value is -4.25.